The number of aromatic nitrogens is 1. The number of aliphatic hydroxyl groups is 1. The van der Waals surface area contributed by atoms with E-state index in [1.807, 2.05) is 0 Å². The first kappa shape index (κ1) is 10.4. The zero-order chi connectivity index (χ0) is 10.9. The third-order valence-corrected chi connectivity index (χ3v) is 3.35. The van der Waals surface area contributed by atoms with Gasteiger partial charge in [0, 0.05) is 12.3 Å². The normalized spacial score (nSPS) is 31.5. The lowest BCUT2D eigenvalue weighted by Crippen LogP contribution is -2.42. The molecule has 0 aliphatic heterocycles. The van der Waals surface area contributed by atoms with Crippen molar-refractivity contribution in [1.29, 1.82) is 0 Å². The van der Waals surface area contributed by atoms with E-state index in [0.717, 1.165) is 12.8 Å². The standard InChI is InChI=1S/C12H17NO2/c1-10-5-7-12(15,8-6-10)13-9-3-2-4-11(13)14/h2-4,9-10,15H,5-8H2,1H3. The van der Waals surface area contributed by atoms with Gasteiger partial charge in [-0.2, -0.15) is 0 Å². The predicted molar refractivity (Wildman–Crippen MR) is 58.5 cm³/mol. The quantitative estimate of drug-likeness (QED) is 0.761. The van der Waals surface area contributed by atoms with E-state index in [1.54, 1.807) is 18.3 Å². The Hall–Kier alpha value is -1.09. The van der Waals surface area contributed by atoms with Crippen LogP contribution in [-0.4, -0.2) is 9.67 Å². The maximum atomic E-state index is 11.6. The molecule has 3 heteroatoms. The monoisotopic (exact) mass is 207 g/mol. The van der Waals surface area contributed by atoms with Crippen LogP contribution < -0.4 is 5.56 Å². The van der Waals surface area contributed by atoms with Gasteiger partial charge >= 0.3 is 0 Å². The molecule has 82 valence electrons. The van der Waals surface area contributed by atoms with E-state index in [2.05, 4.69) is 6.92 Å². The molecule has 2 rings (SSSR count). The average molecular weight is 207 g/mol. The SMILES string of the molecule is CC1CCC(O)(n2ccccc2=O)CC1. The van der Waals surface area contributed by atoms with Crippen molar-refractivity contribution in [2.24, 2.45) is 5.92 Å². The molecule has 0 spiro atoms. The average Bonchev–Trinajstić information content (AvgIpc) is 2.23. The number of hydrogen-bond acceptors (Lipinski definition) is 2. The third kappa shape index (κ3) is 1.97. The number of rotatable bonds is 1. The molecular formula is C12H17NO2. The number of nitrogens with zero attached hydrogens (tertiary/aromatic N) is 1. The Morgan fingerprint density at radius 3 is 2.67 bits per heavy atom. The summed E-state index contributed by atoms with van der Waals surface area (Å²) in [4.78, 5) is 11.6. The molecule has 0 aromatic carbocycles. The second-order valence-electron chi connectivity index (χ2n) is 4.57. The van der Waals surface area contributed by atoms with Crippen LogP contribution in [0.15, 0.2) is 29.2 Å². The lowest BCUT2D eigenvalue weighted by atomic mass is 9.84. The molecule has 1 N–H and O–H groups in total. The van der Waals surface area contributed by atoms with Gasteiger partial charge in [-0.1, -0.05) is 13.0 Å². The molecule has 15 heavy (non-hydrogen) atoms. The third-order valence-electron chi connectivity index (χ3n) is 3.35. The van der Waals surface area contributed by atoms with Crippen molar-refractivity contribution >= 4 is 0 Å². The summed E-state index contributed by atoms with van der Waals surface area (Å²) in [6, 6.07) is 4.99. The Morgan fingerprint density at radius 2 is 2.07 bits per heavy atom. The molecule has 0 atom stereocenters. The van der Waals surface area contributed by atoms with Crippen LogP contribution in [0.25, 0.3) is 0 Å². The molecule has 0 bridgehead atoms. The maximum absolute atomic E-state index is 11.6. The van der Waals surface area contributed by atoms with Crippen molar-refractivity contribution < 1.29 is 5.11 Å². The highest BCUT2D eigenvalue weighted by molar-refractivity contribution is 4.97. The van der Waals surface area contributed by atoms with Crippen molar-refractivity contribution in [2.45, 2.75) is 38.3 Å². The highest BCUT2D eigenvalue weighted by atomic mass is 16.3. The van der Waals surface area contributed by atoms with Gasteiger partial charge in [-0.15, -0.1) is 0 Å². The van der Waals surface area contributed by atoms with Crippen molar-refractivity contribution in [1.82, 2.24) is 4.57 Å². The largest absolute Gasteiger partial charge is 0.370 e. The zero-order valence-corrected chi connectivity index (χ0v) is 9.02. The first-order valence-electron chi connectivity index (χ1n) is 5.52. The van der Waals surface area contributed by atoms with Gasteiger partial charge in [0.2, 0.25) is 0 Å². The summed E-state index contributed by atoms with van der Waals surface area (Å²) in [6.07, 6.45) is 5.00. The van der Waals surface area contributed by atoms with Gasteiger partial charge in [0.1, 0.15) is 5.72 Å². The summed E-state index contributed by atoms with van der Waals surface area (Å²) in [5, 5.41) is 10.4. The van der Waals surface area contributed by atoms with Gasteiger partial charge in [0.25, 0.3) is 5.56 Å². The molecule has 1 heterocycles. The fraction of sp³-hybridized carbons (Fsp3) is 0.583. The summed E-state index contributed by atoms with van der Waals surface area (Å²) in [7, 11) is 0. The van der Waals surface area contributed by atoms with Crippen LogP contribution in [-0.2, 0) is 5.72 Å². The van der Waals surface area contributed by atoms with Crippen LogP contribution in [0.5, 0.6) is 0 Å². The Kier molecular flexibility index (Phi) is 2.65. The maximum Gasteiger partial charge on any atom is 0.252 e. The first-order valence-corrected chi connectivity index (χ1v) is 5.52. The van der Waals surface area contributed by atoms with Gasteiger partial charge in [0.05, 0.1) is 0 Å². The minimum atomic E-state index is -0.954. The van der Waals surface area contributed by atoms with Gasteiger partial charge in [-0.3, -0.25) is 9.36 Å². The van der Waals surface area contributed by atoms with Crippen LogP contribution in [0.2, 0.25) is 0 Å². The molecule has 0 radical (unpaired) electrons. The van der Waals surface area contributed by atoms with Gasteiger partial charge in [-0.05, 0) is 37.7 Å². The highest BCUT2D eigenvalue weighted by Crippen LogP contribution is 2.34. The van der Waals surface area contributed by atoms with E-state index < -0.39 is 5.72 Å². The lowest BCUT2D eigenvalue weighted by Gasteiger charge is -2.36. The molecule has 3 nitrogen and oxygen atoms in total. The van der Waals surface area contributed by atoms with Crippen LogP contribution >= 0.6 is 0 Å². The van der Waals surface area contributed by atoms with Crippen LogP contribution in [0.4, 0.5) is 0 Å². The summed E-state index contributed by atoms with van der Waals surface area (Å²) < 4.78 is 1.47. The molecule has 0 unspecified atom stereocenters. The van der Waals surface area contributed by atoms with Crippen molar-refractivity contribution in [2.75, 3.05) is 0 Å². The lowest BCUT2D eigenvalue weighted by molar-refractivity contribution is -0.0808. The van der Waals surface area contributed by atoms with Gasteiger partial charge in [-0.25, -0.2) is 0 Å². The first-order chi connectivity index (χ1) is 7.12. The van der Waals surface area contributed by atoms with Crippen LogP contribution in [0.3, 0.4) is 0 Å². The zero-order valence-electron chi connectivity index (χ0n) is 9.02. The minimum Gasteiger partial charge on any atom is -0.370 e. The van der Waals surface area contributed by atoms with Crippen molar-refractivity contribution in [3.63, 3.8) is 0 Å². The van der Waals surface area contributed by atoms with Crippen molar-refractivity contribution in [3.05, 3.63) is 34.7 Å². The molecule has 1 aliphatic carbocycles. The van der Waals surface area contributed by atoms with Crippen molar-refractivity contribution in [3.8, 4) is 0 Å². The molecule has 1 saturated carbocycles. The van der Waals surface area contributed by atoms with E-state index in [4.69, 9.17) is 0 Å². The topological polar surface area (TPSA) is 42.2 Å². The van der Waals surface area contributed by atoms with E-state index in [1.165, 1.54) is 10.6 Å². The summed E-state index contributed by atoms with van der Waals surface area (Å²) in [5.74, 6) is 0.657. The van der Waals surface area contributed by atoms with Gasteiger partial charge in [0.15, 0.2) is 0 Å². The number of pyridine rings is 1. The van der Waals surface area contributed by atoms with E-state index >= 15 is 0 Å². The summed E-state index contributed by atoms with van der Waals surface area (Å²) in [6.45, 7) is 2.19. The summed E-state index contributed by atoms with van der Waals surface area (Å²) >= 11 is 0. The second-order valence-corrected chi connectivity index (χ2v) is 4.57. The Balaban J connectivity index is 2.30. The van der Waals surface area contributed by atoms with Gasteiger partial charge < -0.3 is 5.11 Å². The second kappa shape index (κ2) is 3.81. The highest BCUT2D eigenvalue weighted by Gasteiger charge is 2.33. The molecule has 1 aromatic rings. The molecule has 1 fully saturated rings. The molecule has 1 aromatic heterocycles. The molecule has 0 amide bonds. The summed E-state index contributed by atoms with van der Waals surface area (Å²) in [5.41, 5.74) is -1.07. The molecule has 0 saturated heterocycles. The van der Waals surface area contributed by atoms with E-state index in [9.17, 15) is 9.90 Å². The van der Waals surface area contributed by atoms with E-state index in [-0.39, 0.29) is 5.56 Å². The Labute approximate surface area is 89.4 Å². The smallest absolute Gasteiger partial charge is 0.252 e. The van der Waals surface area contributed by atoms with Crippen LogP contribution in [0, 0.1) is 5.92 Å². The van der Waals surface area contributed by atoms with E-state index in [0.29, 0.717) is 18.8 Å². The number of hydrogen-bond donors (Lipinski definition) is 1. The molecular weight excluding hydrogens is 190 g/mol. The molecule has 1 aliphatic rings. The predicted octanol–water partition coefficient (Wildman–Crippen LogP) is 1.70. The minimum absolute atomic E-state index is 0.116. The fourth-order valence-electron chi connectivity index (χ4n) is 2.24. The van der Waals surface area contributed by atoms with Crippen LogP contribution in [0.1, 0.15) is 32.6 Å². The Morgan fingerprint density at radius 1 is 1.40 bits per heavy atom. The Bertz CT molecular complexity index is 389. The fourth-order valence-corrected chi connectivity index (χ4v) is 2.24.